The van der Waals surface area contributed by atoms with Crippen molar-refractivity contribution in [2.45, 2.75) is 18.9 Å². The van der Waals surface area contributed by atoms with Crippen LogP contribution in [-0.4, -0.2) is 42.2 Å². The van der Waals surface area contributed by atoms with E-state index in [2.05, 4.69) is 0 Å². The molecule has 0 saturated carbocycles. The predicted molar refractivity (Wildman–Crippen MR) is 44.9 cm³/mol. The van der Waals surface area contributed by atoms with Crippen LogP contribution in [0.15, 0.2) is 0 Å². The van der Waals surface area contributed by atoms with Crippen molar-refractivity contribution in [3.63, 3.8) is 0 Å². The summed E-state index contributed by atoms with van der Waals surface area (Å²) in [6.07, 6.45) is 1.88. The van der Waals surface area contributed by atoms with Crippen LogP contribution in [0.4, 0.5) is 0 Å². The molecule has 1 atom stereocenters. The molecule has 0 bridgehead atoms. The molecule has 1 heterocycles. The van der Waals surface area contributed by atoms with Crippen molar-refractivity contribution in [2.75, 3.05) is 20.6 Å². The van der Waals surface area contributed by atoms with Gasteiger partial charge in [-0.15, -0.1) is 12.4 Å². The van der Waals surface area contributed by atoms with Crippen molar-refractivity contribution >= 4 is 18.4 Å². The molecule has 11 heavy (non-hydrogen) atoms. The molecule has 1 N–H and O–H groups in total. The summed E-state index contributed by atoms with van der Waals surface area (Å²) in [6.45, 7) is 0.997. The van der Waals surface area contributed by atoms with Crippen LogP contribution in [0, 0.1) is 0 Å². The lowest BCUT2D eigenvalue weighted by Crippen LogP contribution is -2.48. The van der Waals surface area contributed by atoms with Crippen LogP contribution >= 0.6 is 12.4 Å². The van der Waals surface area contributed by atoms with Crippen LogP contribution in [0.2, 0.25) is 0 Å². The standard InChI is InChI=1S/C7H13NO2.ClH/c1-8(2)5-3-4-6(8)7(9)10;/h6H,3-5H2,1-2H3;1H/p+1/t6-;/m0./s1. The molecular formula is C7H15ClNO2+. The minimum absolute atomic E-state index is 0. The number of rotatable bonds is 1. The predicted octanol–water partition coefficient (Wildman–Crippen LogP) is 0.732. The van der Waals surface area contributed by atoms with Crippen molar-refractivity contribution in [3.8, 4) is 0 Å². The Morgan fingerprint density at radius 1 is 1.55 bits per heavy atom. The van der Waals surface area contributed by atoms with Crippen LogP contribution in [0.5, 0.6) is 0 Å². The largest absolute Gasteiger partial charge is 0.477 e. The van der Waals surface area contributed by atoms with Gasteiger partial charge >= 0.3 is 5.97 Å². The average molecular weight is 181 g/mol. The lowest BCUT2D eigenvalue weighted by atomic mass is 10.2. The van der Waals surface area contributed by atoms with Crippen molar-refractivity contribution in [1.82, 2.24) is 0 Å². The van der Waals surface area contributed by atoms with E-state index in [1.807, 2.05) is 14.1 Å². The quantitative estimate of drug-likeness (QED) is 0.605. The third-order valence-electron chi connectivity index (χ3n) is 2.34. The van der Waals surface area contributed by atoms with Crippen molar-refractivity contribution in [1.29, 1.82) is 0 Å². The molecule has 0 aromatic carbocycles. The molecule has 1 saturated heterocycles. The number of aliphatic carboxylic acids is 1. The monoisotopic (exact) mass is 180 g/mol. The van der Waals surface area contributed by atoms with Crippen LogP contribution in [-0.2, 0) is 4.79 Å². The van der Waals surface area contributed by atoms with Gasteiger partial charge in [-0.05, 0) is 0 Å². The number of likely N-dealkylation sites (N-methyl/N-ethyl adjacent to an activating group) is 1. The van der Waals surface area contributed by atoms with Gasteiger partial charge in [-0.3, -0.25) is 0 Å². The number of carbonyl (C=O) groups is 1. The first-order chi connectivity index (χ1) is 4.54. The van der Waals surface area contributed by atoms with E-state index in [-0.39, 0.29) is 18.4 Å². The summed E-state index contributed by atoms with van der Waals surface area (Å²) in [4.78, 5) is 10.6. The van der Waals surface area contributed by atoms with E-state index in [4.69, 9.17) is 5.11 Å². The zero-order valence-electron chi connectivity index (χ0n) is 6.91. The summed E-state index contributed by atoms with van der Waals surface area (Å²) < 4.78 is 0.648. The summed E-state index contributed by atoms with van der Waals surface area (Å²) >= 11 is 0. The molecule has 0 aromatic rings. The van der Waals surface area contributed by atoms with Gasteiger partial charge in [-0.1, -0.05) is 0 Å². The molecule has 0 aliphatic carbocycles. The number of hydrogen-bond donors (Lipinski definition) is 1. The number of quaternary nitrogens is 1. The molecule has 1 aliphatic heterocycles. The Balaban J connectivity index is 0.000001000. The van der Waals surface area contributed by atoms with Crippen molar-refractivity contribution < 1.29 is 14.4 Å². The van der Waals surface area contributed by atoms with Crippen molar-refractivity contribution in [2.24, 2.45) is 0 Å². The molecule has 4 heteroatoms. The lowest BCUT2D eigenvalue weighted by molar-refractivity contribution is -0.893. The van der Waals surface area contributed by atoms with Crippen LogP contribution < -0.4 is 0 Å². The van der Waals surface area contributed by atoms with E-state index in [0.29, 0.717) is 4.48 Å². The Labute approximate surface area is 73.0 Å². The second-order valence-corrected chi connectivity index (χ2v) is 3.50. The highest BCUT2D eigenvalue weighted by Gasteiger charge is 2.39. The van der Waals surface area contributed by atoms with Gasteiger partial charge in [0.25, 0.3) is 0 Å². The van der Waals surface area contributed by atoms with Gasteiger partial charge in [0.2, 0.25) is 0 Å². The highest BCUT2D eigenvalue weighted by Crippen LogP contribution is 2.21. The Morgan fingerprint density at radius 3 is 2.27 bits per heavy atom. The normalized spacial score (nSPS) is 27.6. The first-order valence-electron chi connectivity index (χ1n) is 3.59. The van der Waals surface area contributed by atoms with E-state index in [1.165, 1.54) is 0 Å². The smallest absolute Gasteiger partial charge is 0.362 e. The Morgan fingerprint density at radius 2 is 2.09 bits per heavy atom. The zero-order valence-corrected chi connectivity index (χ0v) is 7.73. The minimum atomic E-state index is -0.650. The molecule has 66 valence electrons. The second kappa shape index (κ2) is 3.41. The lowest BCUT2D eigenvalue weighted by Gasteiger charge is -2.28. The summed E-state index contributed by atoms with van der Waals surface area (Å²) in [5.74, 6) is -0.650. The molecule has 0 spiro atoms. The van der Waals surface area contributed by atoms with Gasteiger partial charge in [0.05, 0.1) is 20.6 Å². The third kappa shape index (κ3) is 2.07. The summed E-state index contributed by atoms with van der Waals surface area (Å²) in [5.41, 5.74) is 0. The number of carboxylic acid groups (broad SMARTS) is 1. The van der Waals surface area contributed by atoms with E-state index < -0.39 is 5.97 Å². The molecular weight excluding hydrogens is 166 g/mol. The van der Waals surface area contributed by atoms with E-state index in [0.717, 1.165) is 19.4 Å². The third-order valence-corrected chi connectivity index (χ3v) is 2.34. The molecule has 0 unspecified atom stereocenters. The molecule has 1 rings (SSSR count). The van der Waals surface area contributed by atoms with E-state index in [9.17, 15) is 4.79 Å². The zero-order chi connectivity index (χ0) is 7.78. The molecule has 0 radical (unpaired) electrons. The molecule has 0 aromatic heterocycles. The van der Waals surface area contributed by atoms with Gasteiger partial charge in [0.1, 0.15) is 0 Å². The maximum atomic E-state index is 10.6. The number of halogens is 1. The Bertz CT molecular complexity index is 159. The topological polar surface area (TPSA) is 37.3 Å². The summed E-state index contributed by atoms with van der Waals surface area (Å²) in [7, 11) is 3.96. The Kier molecular flexibility index (Phi) is 3.32. The first-order valence-corrected chi connectivity index (χ1v) is 3.59. The van der Waals surface area contributed by atoms with Gasteiger partial charge < -0.3 is 9.59 Å². The first kappa shape index (κ1) is 10.7. The molecule has 1 fully saturated rings. The van der Waals surface area contributed by atoms with E-state index in [1.54, 1.807) is 0 Å². The van der Waals surface area contributed by atoms with Gasteiger partial charge in [-0.2, -0.15) is 0 Å². The number of carboxylic acids is 1. The fourth-order valence-corrected chi connectivity index (χ4v) is 1.62. The molecule has 0 amide bonds. The second-order valence-electron chi connectivity index (χ2n) is 3.50. The fraction of sp³-hybridized carbons (Fsp3) is 0.857. The summed E-state index contributed by atoms with van der Waals surface area (Å²) in [5, 5.41) is 8.73. The van der Waals surface area contributed by atoms with Crippen molar-refractivity contribution in [3.05, 3.63) is 0 Å². The van der Waals surface area contributed by atoms with Gasteiger partial charge in [0.15, 0.2) is 6.04 Å². The SMILES string of the molecule is C[N+]1(C)CCC[C@H]1C(=O)O.Cl. The van der Waals surface area contributed by atoms with Crippen LogP contribution in [0.25, 0.3) is 0 Å². The highest BCUT2D eigenvalue weighted by atomic mass is 35.5. The summed E-state index contributed by atoms with van der Waals surface area (Å²) in [6, 6.07) is -0.167. The minimum Gasteiger partial charge on any atom is -0.477 e. The number of hydrogen-bond acceptors (Lipinski definition) is 1. The molecule has 1 aliphatic rings. The van der Waals surface area contributed by atoms with Crippen LogP contribution in [0.3, 0.4) is 0 Å². The maximum absolute atomic E-state index is 10.6. The highest BCUT2D eigenvalue weighted by molar-refractivity contribution is 5.85. The average Bonchev–Trinajstić information content (AvgIpc) is 2.08. The van der Waals surface area contributed by atoms with Gasteiger partial charge in [-0.25, -0.2) is 4.79 Å². The maximum Gasteiger partial charge on any atom is 0.362 e. The van der Waals surface area contributed by atoms with Crippen LogP contribution in [0.1, 0.15) is 12.8 Å². The number of likely N-dealkylation sites (tertiary alicyclic amines) is 1. The number of nitrogens with zero attached hydrogens (tertiary/aromatic N) is 1. The van der Waals surface area contributed by atoms with Gasteiger partial charge in [0, 0.05) is 12.8 Å². The Hall–Kier alpha value is -0.280. The van der Waals surface area contributed by atoms with E-state index >= 15 is 0 Å². The fourth-order valence-electron chi connectivity index (χ4n) is 1.62. The molecule has 3 nitrogen and oxygen atoms in total.